The van der Waals surface area contributed by atoms with Gasteiger partial charge in [-0.2, -0.15) is 5.10 Å². The zero-order valence-electron chi connectivity index (χ0n) is 24.3. The molecule has 2 fully saturated rings. The average Bonchev–Trinajstić information content (AvgIpc) is 3.43. The number of hydrogen-bond acceptors (Lipinski definition) is 10. The van der Waals surface area contributed by atoms with Crippen molar-refractivity contribution in [1.82, 2.24) is 34.4 Å². The molecular weight excluding hydrogens is 576 g/mol. The topological polar surface area (TPSA) is 121 Å². The summed E-state index contributed by atoms with van der Waals surface area (Å²) >= 11 is 1.64. The number of aliphatic hydroxyl groups excluding tert-OH is 1. The molecule has 224 valence electrons. The van der Waals surface area contributed by atoms with Crippen molar-refractivity contribution in [3.63, 3.8) is 0 Å². The Morgan fingerprint density at radius 3 is 2.89 bits per heavy atom. The van der Waals surface area contributed by atoms with Crippen LogP contribution in [-0.2, 0) is 17.8 Å². The third-order valence-electron chi connectivity index (χ3n) is 9.14. The monoisotopic (exact) mass is 608 g/mol. The maximum Gasteiger partial charge on any atom is 0.246 e. The number of pyridine rings is 1. The number of carbonyl (C=O) groups excluding carboxylic acids is 1. The Balaban J connectivity index is 0.937. The number of piperidine rings is 1. The first-order chi connectivity index (χ1) is 21.5. The fourth-order valence-corrected chi connectivity index (χ4v) is 7.94. The lowest BCUT2D eigenvalue weighted by atomic mass is 10.0. The van der Waals surface area contributed by atoms with Crippen molar-refractivity contribution in [1.29, 1.82) is 0 Å². The highest BCUT2D eigenvalue weighted by Gasteiger charge is 2.54. The Hall–Kier alpha value is -4.39. The Kier molecular flexibility index (Phi) is 6.77. The van der Waals surface area contributed by atoms with Crippen LogP contribution in [0.4, 0.5) is 11.5 Å². The van der Waals surface area contributed by atoms with E-state index < -0.39 is 0 Å². The highest BCUT2D eigenvalue weighted by Crippen LogP contribution is 2.51. The predicted octanol–water partition coefficient (Wildman–Crippen LogP) is 4.19. The number of benzene rings is 1. The van der Waals surface area contributed by atoms with E-state index in [9.17, 15) is 9.90 Å². The van der Waals surface area contributed by atoms with Crippen LogP contribution in [0.5, 0.6) is 11.5 Å². The fraction of sp³-hybridized carbons (Fsp3) is 0.344. The van der Waals surface area contributed by atoms with Crippen LogP contribution >= 0.6 is 11.3 Å². The third kappa shape index (κ3) is 4.98. The Morgan fingerprint density at radius 1 is 1.16 bits per heavy atom. The van der Waals surface area contributed by atoms with E-state index in [-0.39, 0.29) is 5.91 Å². The number of anilines is 2. The molecule has 44 heavy (non-hydrogen) atoms. The number of aliphatic hydroxyl groups is 1. The number of fused-ring (bicyclic) bond motifs is 5. The fourth-order valence-electron chi connectivity index (χ4n) is 6.74. The predicted molar refractivity (Wildman–Crippen MR) is 167 cm³/mol. The molecule has 0 spiro atoms. The van der Waals surface area contributed by atoms with E-state index >= 15 is 0 Å². The first-order valence-corrected chi connectivity index (χ1v) is 15.7. The molecule has 1 saturated carbocycles. The maximum atomic E-state index is 13.0. The molecule has 5 aromatic rings. The molecule has 0 radical (unpaired) electrons. The number of rotatable bonds is 8. The smallest absolute Gasteiger partial charge is 0.246 e. The second kappa shape index (κ2) is 11.0. The highest BCUT2D eigenvalue weighted by atomic mass is 32.1. The SMILES string of the molecule is Cc1cc(Nc2ncnc3sc4c(c23)CCN(C(=O)/C=C/CN2CC3C(CO)C3C2)C4)ccc1Oc1ccc2ncnn2c1. The Bertz CT molecular complexity index is 1910. The number of aromatic nitrogens is 5. The number of aryl methyl sites for hydroxylation is 1. The van der Waals surface area contributed by atoms with Crippen molar-refractivity contribution in [3.8, 4) is 11.5 Å². The van der Waals surface area contributed by atoms with Crippen molar-refractivity contribution in [2.75, 3.05) is 38.1 Å². The standard InChI is InChI=1S/C32H32N8O3S/c1-19-11-20(4-6-26(19)43-21-5-7-28-33-18-36-40(28)12-21)37-31-30-22-8-10-39(15-27(22)44-32(30)35-17-34-31)29(42)3-2-9-38-13-23-24(14-38)25(23)16-41/h2-7,11-12,17-18,23-25,41H,8-10,13-16H2,1H3,(H,34,35,37)/b3-2+. The molecule has 2 N–H and O–H groups in total. The third-order valence-corrected chi connectivity index (χ3v) is 10.3. The summed E-state index contributed by atoms with van der Waals surface area (Å²) in [6, 6.07) is 9.71. The lowest BCUT2D eigenvalue weighted by Crippen LogP contribution is -2.34. The summed E-state index contributed by atoms with van der Waals surface area (Å²) in [4.78, 5) is 32.8. The van der Waals surface area contributed by atoms with Crippen LogP contribution in [0.2, 0.25) is 0 Å². The molecule has 3 aliphatic rings. The maximum absolute atomic E-state index is 13.0. The van der Waals surface area contributed by atoms with E-state index in [1.54, 1.807) is 34.5 Å². The summed E-state index contributed by atoms with van der Waals surface area (Å²) in [5.41, 5.74) is 3.86. The summed E-state index contributed by atoms with van der Waals surface area (Å²) in [5, 5.41) is 18.1. The number of thiophene rings is 1. The van der Waals surface area contributed by atoms with Gasteiger partial charge in [-0.1, -0.05) is 6.08 Å². The number of nitrogens with zero attached hydrogens (tertiary/aromatic N) is 7. The summed E-state index contributed by atoms with van der Waals surface area (Å²) in [6.07, 6.45) is 9.39. The highest BCUT2D eigenvalue weighted by molar-refractivity contribution is 7.19. The number of hydrogen-bond donors (Lipinski definition) is 2. The van der Waals surface area contributed by atoms with Gasteiger partial charge in [0, 0.05) is 49.4 Å². The molecule has 1 aromatic carbocycles. The number of likely N-dealkylation sites (tertiary alicyclic amines) is 1. The van der Waals surface area contributed by atoms with Gasteiger partial charge < -0.3 is 20.1 Å². The van der Waals surface area contributed by atoms with E-state index in [2.05, 4.69) is 30.3 Å². The van der Waals surface area contributed by atoms with Crippen LogP contribution in [-0.4, -0.2) is 78.2 Å². The minimum absolute atomic E-state index is 0.0501. The zero-order valence-corrected chi connectivity index (χ0v) is 25.1. The summed E-state index contributed by atoms with van der Waals surface area (Å²) in [6.45, 7) is 6.40. The van der Waals surface area contributed by atoms with Gasteiger partial charge in [0.05, 0.1) is 18.1 Å². The van der Waals surface area contributed by atoms with Gasteiger partial charge in [0.2, 0.25) is 5.91 Å². The van der Waals surface area contributed by atoms with Gasteiger partial charge in [-0.25, -0.2) is 19.5 Å². The van der Waals surface area contributed by atoms with Gasteiger partial charge >= 0.3 is 0 Å². The Labute approximate surface area is 257 Å². The molecule has 11 nitrogen and oxygen atoms in total. The molecule has 2 aliphatic heterocycles. The summed E-state index contributed by atoms with van der Waals surface area (Å²) in [5.74, 6) is 4.03. The molecule has 0 bridgehead atoms. The molecule has 1 amide bonds. The largest absolute Gasteiger partial charge is 0.455 e. The van der Waals surface area contributed by atoms with Gasteiger partial charge in [-0.3, -0.25) is 9.69 Å². The molecule has 1 saturated heterocycles. The van der Waals surface area contributed by atoms with Gasteiger partial charge in [-0.05, 0) is 72.6 Å². The molecule has 1 aliphatic carbocycles. The number of ether oxygens (including phenoxy) is 1. The number of amides is 1. The van der Waals surface area contributed by atoms with Gasteiger partial charge in [-0.15, -0.1) is 11.3 Å². The van der Waals surface area contributed by atoms with E-state index in [1.165, 1.54) is 11.9 Å². The van der Waals surface area contributed by atoms with Crippen LogP contribution in [0.1, 0.15) is 16.0 Å². The van der Waals surface area contributed by atoms with Crippen LogP contribution in [0.3, 0.4) is 0 Å². The second-order valence-electron chi connectivity index (χ2n) is 11.8. The molecule has 12 heteroatoms. The van der Waals surface area contributed by atoms with Gasteiger partial charge in [0.25, 0.3) is 0 Å². The lowest BCUT2D eigenvalue weighted by molar-refractivity contribution is -0.126. The minimum atomic E-state index is 0.0501. The first kappa shape index (κ1) is 27.2. The van der Waals surface area contributed by atoms with Crippen molar-refractivity contribution < 1.29 is 14.6 Å². The second-order valence-corrected chi connectivity index (χ2v) is 12.9. The molecule has 2 unspecified atom stereocenters. The number of carbonyl (C=O) groups is 1. The van der Waals surface area contributed by atoms with E-state index in [1.807, 2.05) is 48.2 Å². The normalized spacial score (nSPS) is 21.2. The van der Waals surface area contributed by atoms with E-state index in [0.717, 1.165) is 69.6 Å². The minimum Gasteiger partial charge on any atom is -0.455 e. The van der Waals surface area contributed by atoms with Crippen molar-refractivity contribution in [2.45, 2.75) is 19.9 Å². The van der Waals surface area contributed by atoms with Crippen molar-refractivity contribution >= 4 is 44.6 Å². The van der Waals surface area contributed by atoms with Crippen molar-refractivity contribution in [2.24, 2.45) is 17.8 Å². The number of nitrogens with one attached hydrogen (secondary N) is 1. The first-order valence-electron chi connectivity index (χ1n) is 14.9. The van der Waals surface area contributed by atoms with Gasteiger partial charge in [0.1, 0.15) is 34.8 Å². The molecule has 8 rings (SSSR count). The zero-order chi connectivity index (χ0) is 29.8. The van der Waals surface area contributed by atoms with E-state index in [0.29, 0.717) is 43.2 Å². The van der Waals surface area contributed by atoms with Crippen LogP contribution in [0, 0.1) is 24.7 Å². The lowest BCUT2D eigenvalue weighted by Gasteiger charge is -2.26. The summed E-state index contributed by atoms with van der Waals surface area (Å²) in [7, 11) is 0. The molecule has 6 heterocycles. The van der Waals surface area contributed by atoms with Crippen LogP contribution in [0.15, 0.2) is 61.3 Å². The summed E-state index contributed by atoms with van der Waals surface area (Å²) < 4.78 is 7.81. The average molecular weight is 609 g/mol. The van der Waals surface area contributed by atoms with Crippen LogP contribution in [0.25, 0.3) is 15.9 Å². The van der Waals surface area contributed by atoms with E-state index in [4.69, 9.17) is 4.74 Å². The van der Waals surface area contributed by atoms with Gasteiger partial charge in [0.15, 0.2) is 5.65 Å². The molecule has 4 aromatic heterocycles. The quantitative estimate of drug-likeness (QED) is 0.250. The van der Waals surface area contributed by atoms with Crippen molar-refractivity contribution in [3.05, 3.63) is 77.3 Å². The Morgan fingerprint density at radius 2 is 2.05 bits per heavy atom. The molecular formula is C32H32N8O3S. The molecule has 2 atom stereocenters. The van der Waals surface area contributed by atoms with Crippen LogP contribution < -0.4 is 10.1 Å².